The van der Waals surface area contributed by atoms with Crippen LogP contribution in [0.25, 0.3) is 0 Å². The largest absolute Gasteiger partial charge is 0.455 e. The van der Waals surface area contributed by atoms with Crippen LogP contribution in [0, 0.1) is 18.8 Å². The van der Waals surface area contributed by atoms with Crippen molar-refractivity contribution in [3.05, 3.63) is 58.0 Å². The molecule has 0 bridgehead atoms. The van der Waals surface area contributed by atoms with Crippen LogP contribution in [0.1, 0.15) is 16.9 Å². The number of hydrogen-bond donors (Lipinski definition) is 0. The van der Waals surface area contributed by atoms with Gasteiger partial charge in [-0.1, -0.05) is 23.6 Å². The van der Waals surface area contributed by atoms with E-state index in [1.54, 1.807) is 6.26 Å². The molecule has 0 aliphatic rings. The zero-order valence-corrected chi connectivity index (χ0v) is 9.84. The number of aryl methyl sites for hydroxylation is 1. The Hall–Kier alpha value is -1.46. The Kier molecular flexibility index (Phi) is 2.94. The topological polar surface area (TPSA) is 13.1 Å². The first-order chi connectivity index (χ1) is 7.25. The normalized spacial score (nSPS) is 9.47. The van der Waals surface area contributed by atoms with E-state index >= 15 is 0 Å². The first-order valence-electron chi connectivity index (χ1n) is 4.57. The van der Waals surface area contributed by atoms with Gasteiger partial charge in [-0.05, 0) is 47.0 Å². The van der Waals surface area contributed by atoms with E-state index < -0.39 is 0 Å². The molecule has 0 aliphatic heterocycles. The van der Waals surface area contributed by atoms with Crippen LogP contribution in [0.2, 0.25) is 0 Å². The predicted octanol–water partition coefficient (Wildman–Crippen LogP) is 3.75. The first kappa shape index (κ1) is 10.1. The van der Waals surface area contributed by atoms with E-state index in [4.69, 9.17) is 4.42 Å². The van der Waals surface area contributed by atoms with Crippen LogP contribution in [0.15, 0.2) is 45.5 Å². The van der Waals surface area contributed by atoms with E-state index in [-0.39, 0.29) is 0 Å². The lowest BCUT2D eigenvalue weighted by atomic mass is 10.1. The first-order valence-corrected chi connectivity index (χ1v) is 5.37. The Balaban J connectivity index is 2.26. The molecule has 74 valence electrons. The van der Waals surface area contributed by atoms with E-state index in [1.165, 1.54) is 5.56 Å². The molecule has 0 N–H and O–H groups in total. The summed E-state index contributed by atoms with van der Waals surface area (Å²) >= 11 is 3.36. The summed E-state index contributed by atoms with van der Waals surface area (Å²) in [5.74, 6) is 6.67. The summed E-state index contributed by atoms with van der Waals surface area (Å²) in [4.78, 5) is 0. The third-order valence-corrected chi connectivity index (χ3v) is 2.61. The van der Waals surface area contributed by atoms with Gasteiger partial charge in [0.25, 0.3) is 0 Å². The molecule has 0 unspecified atom stereocenters. The maximum atomic E-state index is 5.19. The third kappa shape index (κ3) is 2.51. The molecule has 0 saturated carbocycles. The highest BCUT2D eigenvalue weighted by atomic mass is 79.9. The highest BCUT2D eigenvalue weighted by Crippen LogP contribution is 2.16. The van der Waals surface area contributed by atoms with Crippen molar-refractivity contribution < 1.29 is 4.42 Å². The average Bonchev–Trinajstić information content (AvgIpc) is 2.63. The molecule has 1 aromatic heterocycles. The smallest absolute Gasteiger partial charge is 0.191 e. The molecule has 1 nitrogen and oxygen atoms in total. The summed E-state index contributed by atoms with van der Waals surface area (Å²) in [6, 6.07) is 9.92. The van der Waals surface area contributed by atoms with Gasteiger partial charge in [0.15, 0.2) is 5.76 Å². The fourth-order valence-corrected chi connectivity index (χ4v) is 1.45. The Morgan fingerprint density at radius 2 is 1.80 bits per heavy atom. The number of furan rings is 1. The summed E-state index contributed by atoms with van der Waals surface area (Å²) in [6.45, 7) is 2.06. The lowest BCUT2D eigenvalue weighted by Crippen LogP contribution is -1.75. The average molecular weight is 261 g/mol. The number of halogens is 1. The molecular weight excluding hydrogens is 252 g/mol. The Morgan fingerprint density at radius 3 is 2.40 bits per heavy atom. The van der Waals surface area contributed by atoms with Gasteiger partial charge in [0.05, 0.1) is 10.7 Å². The van der Waals surface area contributed by atoms with Gasteiger partial charge in [-0.2, -0.15) is 0 Å². The predicted molar refractivity (Wildman–Crippen MR) is 63.6 cm³/mol. The maximum Gasteiger partial charge on any atom is 0.191 e. The highest BCUT2D eigenvalue weighted by Gasteiger charge is 1.97. The molecule has 0 spiro atoms. The van der Waals surface area contributed by atoms with Crippen LogP contribution >= 0.6 is 15.9 Å². The van der Waals surface area contributed by atoms with E-state index in [0.717, 1.165) is 10.0 Å². The SMILES string of the molecule is Cc1ccc(C#Cc2occc2Br)cc1. The molecular formula is C13H9BrO. The Labute approximate surface area is 97.2 Å². The summed E-state index contributed by atoms with van der Waals surface area (Å²) in [5, 5.41) is 0. The number of hydrogen-bond acceptors (Lipinski definition) is 1. The molecule has 0 radical (unpaired) electrons. The van der Waals surface area contributed by atoms with Gasteiger partial charge in [0.2, 0.25) is 0 Å². The minimum absolute atomic E-state index is 0.663. The van der Waals surface area contributed by atoms with E-state index in [9.17, 15) is 0 Å². The third-order valence-electron chi connectivity index (χ3n) is 1.99. The Bertz CT molecular complexity index is 511. The number of benzene rings is 1. The molecule has 0 amide bonds. The van der Waals surface area contributed by atoms with E-state index in [0.29, 0.717) is 5.76 Å². The van der Waals surface area contributed by atoms with Crippen molar-refractivity contribution in [3.63, 3.8) is 0 Å². The van der Waals surface area contributed by atoms with Gasteiger partial charge in [-0.25, -0.2) is 0 Å². The number of rotatable bonds is 0. The van der Waals surface area contributed by atoms with E-state index in [1.807, 2.05) is 30.3 Å². The van der Waals surface area contributed by atoms with Crippen LogP contribution in [0.4, 0.5) is 0 Å². The molecule has 0 saturated heterocycles. The van der Waals surface area contributed by atoms with Crippen molar-refractivity contribution in [3.8, 4) is 11.8 Å². The maximum absolute atomic E-state index is 5.19. The second-order valence-electron chi connectivity index (χ2n) is 3.21. The zero-order chi connectivity index (χ0) is 10.7. The van der Waals surface area contributed by atoms with Crippen LogP contribution in [-0.4, -0.2) is 0 Å². The second-order valence-corrected chi connectivity index (χ2v) is 4.07. The molecule has 2 rings (SSSR count). The summed E-state index contributed by atoms with van der Waals surface area (Å²) in [5.41, 5.74) is 2.23. The monoisotopic (exact) mass is 260 g/mol. The summed E-state index contributed by atoms with van der Waals surface area (Å²) in [7, 11) is 0. The fraction of sp³-hybridized carbons (Fsp3) is 0.0769. The molecule has 0 atom stereocenters. The van der Waals surface area contributed by atoms with Crippen molar-refractivity contribution >= 4 is 15.9 Å². The van der Waals surface area contributed by atoms with Crippen LogP contribution in [-0.2, 0) is 0 Å². The van der Waals surface area contributed by atoms with Crippen molar-refractivity contribution in [1.82, 2.24) is 0 Å². The quantitative estimate of drug-likeness (QED) is 0.658. The molecule has 2 aromatic rings. The fourth-order valence-electron chi connectivity index (χ4n) is 1.15. The molecule has 1 aromatic carbocycles. The van der Waals surface area contributed by atoms with Crippen LogP contribution < -0.4 is 0 Å². The standard InChI is InChI=1S/C13H9BrO/c1-10-2-4-11(5-3-10)6-7-13-12(14)8-9-15-13/h2-5,8-9H,1H3. The van der Waals surface area contributed by atoms with Crippen molar-refractivity contribution in [2.75, 3.05) is 0 Å². The lowest BCUT2D eigenvalue weighted by molar-refractivity contribution is 0.553. The minimum atomic E-state index is 0.663. The molecule has 0 aliphatic carbocycles. The highest BCUT2D eigenvalue weighted by molar-refractivity contribution is 9.10. The van der Waals surface area contributed by atoms with Gasteiger partial charge >= 0.3 is 0 Å². The van der Waals surface area contributed by atoms with Gasteiger partial charge in [-0.3, -0.25) is 0 Å². The van der Waals surface area contributed by atoms with Gasteiger partial charge in [0.1, 0.15) is 0 Å². The van der Waals surface area contributed by atoms with Crippen LogP contribution in [0.5, 0.6) is 0 Å². The van der Waals surface area contributed by atoms with Crippen molar-refractivity contribution in [1.29, 1.82) is 0 Å². The van der Waals surface area contributed by atoms with Gasteiger partial charge in [0, 0.05) is 5.56 Å². The Morgan fingerprint density at radius 1 is 1.07 bits per heavy atom. The molecule has 15 heavy (non-hydrogen) atoms. The van der Waals surface area contributed by atoms with Crippen LogP contribution in [0.3, 0.4) is 0 Å². The summed E-state index contributed by atoms with van der Waals surface area (Å²) < 4.78 is 6.08. The second kappa shape index (κ2) is 4.37. The van der Waals surface area contributed by atoms with Crippen molar-refractivity contribution in [2.45, 2.75) is 6.92 Å². The minimum Gasteiger partial charge on any atom is -0.455 e. The zero-order valence-electron chi connectivity index (χ0n) is 8.25. The van der Waals surface area contributed by atoms with E-state index in [2.05, 4.69) is 34.7 Å². The lowest BCUT2D eigenvalue weighted by Gasteiger charge is -1.91. The van der Waals surface area contributed by atoms with Gasteiger partial charge < -0.3 is 4.42 Å². The molecule has 2 heteroatoms. The van der Waals surface area contributed by atoms with Gasteiger partial charge in [-0.15, -0.1) is 0 Å². The molecule has 1 heterocycles. The van der Waals surface area contributed by atoms with Crippen molar-refractivity contribution in [2.24, 2.45) is 0 Å². The molecule has 0 fully saturated rings. The summed E-state index contributed by atoms with van der Waals surface area (Å²) in [6.07, 6.45) is 1.61.